The molecule has 1 aliphatic rings. The Morgan fingerprint density at radius 3 is 2.86 bits per heavy atom. The van der Waals surface area contributed by atoms with Gasteiger partial charge in [0.1, 0.15) is 5.75 Å². The number of hydrogen-bond donors (Lipinski definition) is 2. The second kappa shape index (κ2) is 6.99. The summed E-state index contributed by atoms with van der Waals surface area (Å²) in [5.74, 6) is 0.977. The van der Waals surface area contributed by atoms with E-state index in [0.717, 1.165) is 18.0 Å². The summed E-state index contributed by atoms with van der Waals surface area (Å²) in [6, 6.07) is 5.51. The highest BCUT2D eigenvalue weighted by atomic mass is 35.5. The second-order valence-corrected chi connectivity index (χ2v) is 7.08. The molecule has 1 aromatic rings. The molecule has 21 heavy (non-hydrogen) atoms. The third-order valence-corrected chi connectivity index (χ3v) is 5.16. The number of hydrogen-bond acceptors (Lipinski definition) is 3. The van der Waals surface area contributed by atoms with Gasteiger partial charge in [-0.2, -0.15) is 0 Å². The number of likely N-dealkylation sites (N-methyl/N-ethyl adjacent to an activating group) is 1. The Labute approximate surface area is 133 Å². The van der Waals surface area contributed by atoms with Crippen molar-refractivity contribution in [2.45, 2.75) is 44.7 Å². The zero-order chi connectivity index (χ0) is 15.5. The molecule has 2 N–H and O–H groups in total. The number of aromatic hydroxyl groups is 1. The van der Waals surface area contributed by atoms with Crippen molar-refractivity contribution in [2.24, 2.45) is 5.92 Å². The molecule has 0 aromatic heterocycles. The molecule has 0 saturated heterocycles. The normalized spacial score (nSPS) is 26.2. The zero-order valence-corrected chi connectivity index (χ0v) is 14.1. The van der Waals surface area contributed by atoms with Crippen LogP contribution in [0.5, 0.6) is 5.75 Å². The van der Waals surface area contributed by atoms with Gasteiger partial charge in [-0.1, -0.05) is 43.5 Å². The van der Waals surface area contributed by atoms with Gasteiger partial charge in [0.05, 0.1) is 5.02 Å². The molecular formula is C17H27ClN2O. The summed E-state index contributed by atoms with van der Waals surface area (Å²) in [7, 11) is 4.35. The topological polar surface area (TPSA) is 35.5 Å². The van der Waals surface area contributed by atoms with E-state index in [1.807, 2.05) is 12.1 Å². The SMILES string of the molecule is CC1CCCC(CNCc2cccc(Cl)c2O)(N(C)C)C1. The van der Waals surface area contributed by atoms with E-state index in [4.69, 9.17) is 11.6 Å². The summed E-state index contributed by atoms with van der Waals surface area (Å²) >= 11 is 5.95. The van der Waals surface area contributed by atoms with E-state index in [1.165, 1.54) is 25.7 Å². The van der Waals surface area contributed by atoms with Crippen molar-refractivity contribution in [3.63, 3.8) is 0 Å². The second-order valence-electron chi connectivity index (χ2n) is 6.67. The molecule has 1 saturated carbocycles. The summed E-state index contributed by atoms with van der Waals surface area (Å²) in [6.07, 6.45) is 5.10. The largest absolute Gasteiger partial charge is 0.506 e. The molecule has 118 valence electrons. The number of para-hydroxylation sites is 1. The van der Waals surface area contributed by atoms with E-state index in [9.17, 15) is 5.11 Å². The Bertz CT molecular complexity index is 478. The number of phenolic OH excluding ortho intramolecular Hbond substituents is 1. The van der Waals surface area contributed by atoms with Crippen LogP contribution in [0.25, 0.3) is 0 Å². The van der Waals surface area contributed by atoms with E-state index in [1.54, 1.807) is 6.07 Å². The van der Waals surface area contributed by atoms with Crippen LogP contribution in [0.3, 0.4) is 0 Å². The summed E-state index contributed by atoms with van der Waals surface area (Å²) in [6.45, 7) is 3.94. The van der Waals surface area contributed by atoms with Crippen molar-refractivity contribution in [2.75, 3.05) is 20.6 Å². The lowest BCUT2D eigenvalue weighted by atomic mass is 9.75. The Balaban J connectivity index is 1.98. The van der Waals surface area contributed by atoms with Gasteiger partial charge in [-0.25, -0.2) is 0 Å². The van der Waals surface area contributed by atoms with Gasteiger partial charge in [-0.05, 0) is 38.9 Å². The number of benzene rings is 1. The maximum absolute atomic E-state index is 9.97. The first-order chi connectivity index (χ1) is 9.94. The lowest BCUT2D eigenvalue weighted by Crippen LogP contribution is -2.54. The van der Waals surface area contributed by atoms with E-state index < -0.39 is 0 Å². The molecule has 1 aliphatic carbocycles. The Morgan fingerprint density at radius 1 is 1.43 bits per heavy atom. The highest BCUT2D eigenvalue weighted by Crippen LogP contribution is 2.35. The van der Waals surface area contributed by atoms with Crippen LogP contribution < -0.4 is 5.32 Å². The average molecular weight is 311 g/mol. The lowest BCUT2D eigenvalue weighted by Gasteiger charge is -2.45. The summed E-state index contributed by atoms with van der Waals surface area (Å²) in [5, 5.41) is 13.9. The molecule has 1 fully saturated rings. The monoisotopic (exact) mass is 310 g/mol. The van der Waals surface area contributed by atoms with Gasteiger partial charge in [0.15, 0.2) is 0 Å². The van der Waals surface area contributed by atoms with Crippen molar-refractivity contribution in [3.05, 3.63) is 28.8 Å². The molecule has 0 radical (unpaired) electrons. The molecule has 1 aromatic carbocycles. The number of halogens is 1. The molecule has 4 heteroatoms. The van der Waals surface area contributed by atoms with Gasteiger partial charge >= 0.3 is 0 Å². The van der Waals surface area contributed by atoms with Crippen LogP contribution in [-0.4, -0.2) is 36.2 Å². The van der Waals surface area contributed by atoms with Crippen LogP contribution in [0.1, 0.15) is 38.2 Å². The summed E-state index contributed by atoms with van der Waals surface area (Å²) in [4.78, 5) is 2.37. The van der Waals surface area contributed by atoms with Crippen molar-refractivity contribution in [1.29, 1.82) is 0 Å². The average Bonchev–Trinajstić information content (AvgIpc) is 2.43. The molecule has 0 heterocycles. The summed E-state index contributed by atoms with van der Waals surface area (Å²) < 4.78 is 0. The van der Waals surface area contributed by atoms with Crippen molar-refractivity contribution in [1.82, 2.24) is 10.2 Å². The molecule has 3 nitrogen and oxygen atoms in total. The van der Waals surface area contributed by atoms with Gasteiger partial charge in [0.25, 0.3) is 0 Å². The first kappa shape index (κ1) is 16.6. The van der Waals surface area contributed by atoms with Crippen molar-refractivity contribution in [3.8, 4) is 5.75 Å². The molecule has 0 amide bonds. The Morgan fingerprint density at radius 2 is 2.19 bits per heavy atom. The zero-order valence-electron chi connectivity index (χ0n) is 13.3. The van der Waals surface area contributed by atoms with Crippen LogP contribution in [0.2, 0.25) is 5.02 Å². The van der Waals surface area contributed by atoms with Gasteiger partial charge in [-0.15, -0.1) is 0 Å². The molecular weight excluding hydrogens is 284 g/mol. The van der Waals surface area contributed by atoms with Crippen LogP contribution >= 0.6 is 11.6 Å². The number of nitrogens with one attached hydrogen (secondary N) is 1. The van der Waals surface area contributed by atoms with Crippen molar-refractivity contribution >= 4 is 11.6 Å². The van der Waals surface area contributed by atoms with Crippen LogP contribution in [-0.2, 0) is 6.54 Å². The summed E-state index contributed by atoms with van der Waals surface area (Å²) in [5.41, 5.74) is 1.09. The molecule has 2 rings (SSSR count). The van der Waals surface area contributed by atoms with Crippen molar-refractivity contribution < 1.29 is 5.11 Å². The van der Waals surface area contributed by atoms with Gasteiger partial charge in [-0.3, -0.25) is 0 Å². The smallest absolute Gasteiger partial charge is 0.138 e. The first-order valence-corrected chi connectivity index (χ1v) is 8.17. The van der Waals surface area contributed by atoms with E-state index in [2.05, 4.69) is 31.2 Å². The van der Waals surface area contributed by atoms with Gasteiger partial charge in [0, 0.05) is 24.2 Å². The number of nitrogens with zero attached hydrogens (tertiary/aromatic N) is 1. The minimum absolute atomic E-state index is 0.197. The molecule has 0 aliphatic heterocycles. The maximum atomic E-state index is 9.97. The van der Waals surface area contributed by atoms with Crippen LogP contribution in [0.15, 0.2) is 18.2 Å². The maximum Gasteiger partial charge on any atom is 0.138 e. The standard InChI is InChI=1S/C17H27ClN2O/c1-13-6-5-9-17(10-13,20(2)3)12-19-11-14-7-4-8-15(18)16(14)21/h4,7-8,13,19,21H,5-6,9-12H2,1-3H3. The predicted octanol–water partition coefficient (Wildman–Crippen LogP) is 3.65. The minimum atomic E-state index is 0.197. The van der Waals surface area contributed by atoms with Gasteiger partial charge < -0.3 is 15.3 Å². The third-order valence-electron chi connectivity index (χ3n) is 4.86. The number of phenols is 1. The Kier molecular flexibility index (Phi) is 5.53. The molecule has 2 atom stereocenters. The number of rotatable bonds is 5. The van der Waals surface area contributed by atoms with Crippen LogP contribution in [0.4, 0.5) is 0 Å². The fourth-order valence-electron chi connectivity index (χ4n) is 3.49. The van der Waals surface area contributed by atoms with Gasteiger partial charge in [0.2, 0.25) is 0 Å². The van der Waals surface area contributed by atoms with E-state index in [0.29, 0.717) is 11.6 Å². The third kappa shape index (κ3) is 3.91. The fourth-order valence-corrected chi connectivity index (χ4v) is 3.68. The lowest BCUT2D eigenvalue weighted by molar-refractivity contribution is 0.0749. The molecule has 0 spiro atoms. The van der Waals surface area contributed by atoms with Crippen LogP contribution in [0, 0.1) is 5.92 Å². The predicted molar refractivity (Wildman–Crippen MR) is 88.9 cm³/mol. The quantitative estimate of drug-likeness (QED) is 0.871. The van der Waals surface area contributed by atoms with E-state index >= 15 is 0 Å². The van der Waals surface area contributed by atoms with E-state index in [-0.39, 0.29) is 11.3 Å². The highest BCUT2D eigenvalue weighted by Gasteiger charge is 2.36. The fraction of sp³-hybridized carbons (Fsp3) is 0.647. The Hall–Kier alpha value is -0.770. The molecule has 2 unspecified atom stereocenters. The molecule has 0 bridgehead atoms. The highest BCUT2D eigenvalue weighted by molar-refractivity contribution is 6.32. The minimum Gasteiger partial charge on any atom is -0.506 e. The first-order valence-electron chi connectivity index (χ1n) is 7.79.